The van der Waals surface area contributed by atoms with Gasteiger partial charge in [0.1, 0.15) is 13.2 Å². The minimum absolute atomic E-state index is 0.133. The van der Waals surface area contributed by atoms with Gasteiger partial charge in [-0.3, -0.25) is 19.4 Å². The summed E-state index contributed by atoms with van der Waals surface area (Å²) in [7, 11) is 0. The van der Waals surface area contributed by atoms with Crippen molar-refractivity contribution in [3.8, 4) is 0 Å². The van der Waals surface area contributed by atoms with Gasteiger partial charge in [-0.2, -0.15) is 0 Å². The fourth-order valence-electron chi connectivity index (χ4n) is 8.39. The van der Waals surface area contributed by atoms with E-state index in [1.165, 1.54) is 219 Å². The Morgan fingerprint density at radius 2 is 0.467 bits per heavy atom. The lowest BCUT2D eigenvalue weighted by atomic mass is 10.1. The molecule has 0 aromatic carbocycles. The van der Waals surface area contributed by atoms with Crippen molar-refractivity contribution in [1.82, 2.24) is 14.7 Å². The van der Waals surface area contributed by atoms with Crippen LogP contribution in [0, 0.1) is 0 Å². The van der Waals surface area contributed by atoms with E-state index >= 15 is 0 Å². The molecule has 358 valence electrons. The summed E-state index contributed by atoms with van der Waals surface area (Å²) in [6.07, 6.45) is 45.5. The SMILES string of the molecule is CCCCCCCCCN(CCCCCCCCC)CCN(CCCCCCCCC)CC(=O)OCCOC(=O)CN(CCCCCCCCC)CCCCCCCCC. The molecule has 0 spiro atoms. The second-order valence-electron chi connectivity index (χ2n) is 18.4. The number of nitrogens with zero attached hydrogens (tertiary/aromatic N) is 3. The number of carbonyl (C=O) groups excluding carboxylic acids is 2. The molecule has 60 heavy (non-hydrogen) atoms. The Hall–Kier alpha value is -1.18. The van der Waals surface area contributed by atoms with Gasteiger partial charge in [-0.25, -0.2) is 0 Å². The molecule has 7 nitrogen and oxygen atoms in total. The fourth-order valence-corrected chi connectivity index (χ4v) is 8.39. The van der Waals surface area contributed by atoms with Gasteiger partial charge in [-0.1, -0.05) is 227 Å². The van der Waals surface area contributed by atoms with Crippen LogP contribution in [0.2, 0.25) is 0 Å². The first kappa shape index (κ1) is 58.8. The molecule has 0 saturated heterocycles. The van der Waals surface area contributed by atoms with Gasteiger partial charge in [0, 0.05) is 13.1 Å². The van der Waals surface area contributed by atoms with Crippen LogP contribution in [0.1, 0.15) is 259 Å². The van der Waals surface area contributed by atoms with Crippen molar-refractivity contribution in [1.29, 1.82) is 0 Å². The first-order valence-electron chi connectivity index (χ1n) is 27.0. The number of esters is 2. The van der Waals surface area contributed by atoms with Crippen LogP contribution in [0.25, 0.3) is 0 Å². The lowest BCUT2D eigenvalue weighted by molar-refractivity contribution is -0.153. The maximum Gasteiger partial charge on any atom is 0.320 e. The summed E-state index contributed by atoms with van der Waals surface area (Å²) in [5, 5.41) is 0. The maximum absolute atomic E-state index is 13.2. The molecule has 0 atom stereocenters. The van der Waals surface area contributed by atoms with Crippen molar-refractivity contribution in [2.45, 2.75) is 259 Å². The van der Waals surface area contributed by atoms with Crippen LogP contribution in [0.15, 0.2) is 0 Å². The third-order valence-corrected chi connectivity index (χ3v) is 12.4. The summed E-state index contributed by atoms with van der Waals surface area (Å²) < 4.78 is 11.3. The van der Waals surface area contributed by atoms with E-state index in [0.29, 0.717) is 13.1 Å². The molecule has 0 aliphatic heterocycles. The van der Waals surface area contributed by atoms with Crippen molar-refractivity contribution in [3.05, 3.63) is 0 Å². The maximum atomic E-state index is 13.2. The molecule has 0 aromatic rings. The van der Waals surface area contributed by atoms with Crippen LogP contribution < -0.4 is 0 Å². The van der Waals surface area contributed by atoms with Gasteiger partial charge >= 0.3 is 11.9 Å². The summed E-state index contributed by atoms with van der Waals surface area (Å²) in [5.74, 6) is -0.390. The monoisotopic (exact) mass is 850 g/mol. The molecular formula is C53H107N3O4. The van der Waals surface area contributed by atoms with Crippen molar-refractivity contribution in [3.63, 3.8) is 0 Å². The molecule has 0 unspecified atom stereocenters. The highest BCUT2D eigenvalue weighted by atomic mass is 16.6. The van der Waals surface area contributed by atoms with Gasteiger partial charge in [0.25, 0.3) is 0 Å². The number of rotatable bonds is 50. The zero-order valence-electron chi connectivity index (χ0n) is 41.5. The van der Waals surface area contributed by atoms with Gasteiger partial charge in [0.2, 0.25) is 0 Å². The van der Waals surface area contributed by atoms with E-state index in [4.69, 9.17) is 9.47 Å². The smallest absolute Gasteiger partial charge is 0.320 e. The third kappa shape index (κ3) is 43.5. The van der Waals surface area contributed by atoms with E-state index in [2.05, 4.69) is 49.3 Å². The van der Waals surface area contributed by atoms with Crippen molar-refractivity contribution in [2.24, 2.45) is 0 Å². The van der Waals surface area contributed by atoms with E-state index in [-0.39, 0.29) is 25.2 Å². The van der Waals surface area contributed by atoms with Crippen LogP contribution in [0.5, 0.6) is 0 Å². The Morgan fingerprint density at radius 3 is 0.733 bits per heavy atom. The van der Waals surface area contributed by atoms with Crippen LogP contribution >= 0.6 is 0 Å². The normalized spacial score (nSPS) is 11.7. The Bertz CT molecular complexity index is 837. The van der Waals surface area contributed by atoms with Crippen LogP contribution in [-0.2, 0) is 19.1 Å². The predicted octanol–water partition coefficient (Wildman–Crippen LogP) is 14.7. The Balaban J connectivity index is 5.04. The molecule has 7 heteroatoms. The molecule has 0 aliphatic rings. The second-order valence-corrected chi connectivity index (χ2v) is 18.4. The van der Waals surface area contributed by atoms with Gasteiger partial charge in [-0.05, 0) is 64.8 Å². The lowest BCUT2D eigenvalue weighted by Crippen LogP contribution is -2.39. The van der Waals surface area contributed by atoms with Crippen LogP contribution in [-0.4, -0.2) is 98.8 Å². The molecule has 0 aromatic heterocycles. The Labute approximate surface area is 376 Å². The molecular weight excluding hydrogens is 743 g/mol. The van der Waals surface area contributed by atoms with E-state index in [0.717, 1.165) is 52.0 Å². The number of hydrogen-bond donors (Lipinski definition) is 0. The molecule has 0 heterocycles. The molecule has 0 radical (unpaired) electrons. The predicted molar refractivity (Wildman–Crippen MR) is 261 cm³/mol. The first-order chi connectivity index (χ1) is 29.5. The van der Waals surface area contributed by atoms with Gasteiger partial charge in [-0.15, -0.1) is 0 Å². The second kappa shape index (κ2) is 48.8. The largest absolute Gasteiger partial charge is 0.461 e. The molecule has 0 saturated carbocycles. The van der Waals surface area contributed by atoms with Gasteiger partial charge < -0.3 is 14.4 Å². The Kier molecular flexibility index (Phi) is 47.9. The molecule has 0 rings (SSSR count). The highest BCUT2D eigenvalue weighted by Crippen LogP contribution is 2.13. The van der Waals surface area contributed by atoms with Crippen molar-refractivity contribution >= 4 is 11.9 Å². The first-order valence-corrected chi connectivity index (χ1v) is 27.0. The Morgan fingerprint density at radius 1 is 0.267 bits per heavy atom. The van der Waals surface area contributed by atoms with Gasteiger partial charge in [0.15, 0.2) is 0 Å². The zero-order chi connectivity index (χ0) is 43.8. The summed E-state index contributed by atoms with van der Waals surface area (Å²) in [5.41, 5.74) is 0. The molecule has 0 fully saturated rings. The number of unbranched alkanes of at least 4 members (excludes halogenated alkanes) is 30. The van der Waals surface area contributed by atoms with Crippen molar-refractivity contribution in [2.75, 3.05) is 72.1 Å². The average Bonchev–Trinajstić information content (AvgIpc) is 3.24. The highest BCUT2D eigenvalue weighted by Gasteiger charge is 2.16. The average molecular weight is 850 g/mol. The number of carbonyl (C=O) groups is 2. The van der Waals surface area contributed by atoms with Crippen LogP contribution in [0.4, 0.5) is 0 Å². The van der Waals surface area contributed by atoms with E-state index < -0.39 is 0 Å². The van der Waals surface area contributed by atoms with Crippen molar-refractivity contribution < 1.29 is 19.1 Å². The molecule has 0 amide bonds. The van der Waals surface area contributed by atoms with E-state index in [1.807, 2.05) is 0 Å². The summed E-state index contributed by atoms with van der Waals surface area (Å²) >= 11 is 0. The molecule has 0 aliphatic carbocycles. The standard InChI is InChI=1S/C53H107N3O4/c1-6-11-16-21-26-31-36-41-54(42-37-32-27-22-17-12-7-2)46-47-56(45-40-35-30-25-20-15-10-5)51-53(58)60-49-48-59-52(57)50-55(43-38-33-28-23-18-13-8-3)44-39-34-29-24-19-14-9-4/h6-51H2,1-5H3. The van der Waals surface area contributed by atoms with Gasteiger partial charge in [0.05, 0.1) is 13.1 Å². The molecule has 0 N–H and O–H groups in total. The number of hydrogen-bond acceptors (Lipinski definition) is 7. The lowest BCUT2D eigenvalue weighted by Gasteiger charge is -2.27. The third-order valence-electron chi connectivity index (χ3n) is 12.4. The minimum Gasteiger partial charge on any atom is -0.461 e. The van der Waals surface area contributed by atoms with Crippen LogP contribution in [0.3, 0.4) is 0 Å². The topological polar surface area (TPSA) is 62.3 Å². The number of ether oxygens (including phenoxy) is 2. The quantitative estimate of drug-likeness (QED) is 0.0446. The highest BCUT2D eigenvalue weighted by molar-refractivity contribution is 5.72. The summed E-state index contributed by atoms with van der Waals surface area (Å²) in [6.45, 7) is 19.4. The minimum atomic E-state index is -0.195. The van der Waals surface area contributed by atoms with E-state index in [9.17, 15) is 9.59 Å². The zero-order valence-corrected chi connectivity index (χ0v) is 41.5. The summed E-state index contributed by atoms with van der Waals surface area (Å²) in [6, 6.07) is 0. The fraction of sp³-hybridized carbons (Fsp3) is 0.962. The van der Waals surface area contributed by atoms with E-state index in [1.54, 1.807) is 0 Å². The summed E-state index contributed by atoms with van der Waals surface area (Å²) in [4.78, 5) is 33.5. The molecule has 0 bridgehead atoms.